The minimum absolute atomic E-state index is 1.91. The summed E-state index contributed by atoms with van der Waals surface area (Å²) in [6.45, 7) is 0. The van der Waals surface area contributed by atoms with Gasteiger partial charge in [0.25, 0.3) is 0 Å². The topological polar surface area (TPSA) is 267 Å². The van der Waals surface area contributed by atoms with E-state index in [4.69, 9.17) is 35.1 Å². The lowest BCUT2D eigenvalue weighted by molar-refractivity contribution is -0.174. The molecule has 0 aliphatic heterocycles. The molecule has 18 heteroatoms. The van der Waals surface area contributed by atoms with E-state index in [1.807, 2.05) is 0 Å². The molecule has 10 N–H and O–H groups in total. The maximum absolute atomic E-state index is 11.0. The third kappa shape index (κ3) is 6.50. The first kappa shape index (κ1) is 22.3. The Labute approximate surface area is 133 Å². The smallest absolute Gasteiger partial charge is 0.389 e. The molecule has 0 spiro atoms. The normalized spacial score (nSPS) is 35.9. The minimum atomic E-state index is -5.38. The first-order chi connectivity index (χ1) is 10.5. The van der Waals surface area contributed by atoms with Gasteiger partial charge in [-0.15, -0.1) is 0 Å². The number of aliphatic hydroxyl groups excluding tert-OH is 2. The predicted octanol–water partition coefficient (Wildman–Crippen LogP) is -3.52. The van der Waals surface area contributed by atoms with Crippen molar-refractivity contribution in [3.8, 4) is 0 Å². The summed E-state index contributed by atoms with van der Waals surface area (Å²) in [5, 5.41) is 19.7. The molecule has 0 amide bonds. The molecule has 1 fully saturated rings. The van der Waals surface area contributed by atoms with Crippen molar-refractivity contribution in [1.29, 1.82) is 0 Å². The molecule has 1 rings (SSSR count). The van der Waals surface area contributed by atoms with E-state index < -0.39 is 60.0 Å². The summed E-state index contributed by atoms with van der Waals surface area (Å²) in [5.41, 5.74) is 5.42. The van der Waals surface area contributed by atoms with Gasteiger partial charge in [0.15, 0.2) is 0 Å². The number of nitrogens with two attached hydrogens (primary N) is 1. The third-order valence-electron chi connectivity index (χ3n) is 2.88. The van der Waals surface area contributed by atoms with E-state index in [1.165, 1.54) is 0 Å². The Morgan fingerprint density at radius 3 is 1.33 bits per heavy atom. The largest absolute Gasteiger partial charge is 0.470 e. The van der Waals surface area contributed by atoms with Crippen LogP contribution in [0, 0.1) is 0 Å². The monoisotopic (exact) mass is 419 g/mol. The van der Waals surface area contributed by atoms with Crippen LogP contribution in [-0.2, 0) is 27.3 Å². The maximum Gasteiger partial charge on any atom is 0.470 e. The Bertz CT molecular complexity index is 579. The highest BCUT2D eigenvalue weighted by Gasteiger charge is 2.55. The van der Waals surface area contributed by atoms with E-state index in [9.17, 15) is 23.9 Å². The molecule has 1 aliphatic rings. The zero-order valence-corrected chi connectivity index (χ0v) is 14.1. The van der Waals surface area contributed by atoms with Crippen LogP contribution in [0.3, 0.4) is 0 Å². The van der Waals surface area contributed by atoms with Crippen LogP contribution in [0.1, 0.15) is 0 Å². The molecule has 0 unspecified atom stereocenters. The number of aliphatic hydroxyl groups is 2. The summed E-state index contributed by atoms with van der Waals surface area (Å²) < 4.78 is 45.1. The maximum atomic E-state index is 11.0. The zero-order chi connectivity index (χ0) is 19.1. The third-order valence-corrected chi connectivity index (χ3v) is 4.44. The second-order valence-corrected chi connectivity index (χ2v) is 8.32. The lowest BCUT2D eigenvalue weighted by atomic mass is 9.84. The molecule has 15 nitrogen and oxygen atoms in total. The molecule has 6 atom stereocenters. The first-order valence-corrected chi connectivity index (χ1v) is 10.4. The van der Waals surface area contributed by atoms with E-state index in [1.54, 1.807) is 0 Å². The van der Waals surface area contributed by atoms with Crippen LogP contribution in [-0.4, -0.2) is 76.1 Å². The molecule has 0 heterocycles. The van der Waals surface area contributed by atoms with Crippen LogP contribution in [0.2, 0.25) is 0 Å². The lowest BCUT2D eigenvalue weighted by Crippen LogP contribution is -2.67. The Kier molecular flexibility index (Phi) is 6.90. The molecule has 0 aromatic rings. The summed E-state index contributed by atoms with van der Waals surface area (Å²) in [4.78, 5) is 52.7. The van der Waals surface area contributed by atoms with Crippen molar-refractivity contribution >= 4 is 23.5 Å². The molecule has 0 aromatic carbocycles. The van der Waals surface area contributed by atoms with Crippen molar-refractivity contribution in [2.45, 2.75) is 36.6 Å². The number of rotatable bonds is 6. The fourth-order valence-corrected chi connectivity index (χ4v) is 3.77. The molecule has 1 aliphatic carbocycles. The second-order valence-electron chi connectivity index (χ2n) is 4.74. The zero-order valence-electron chi connectivity index (χ0n) is 11.4. The molecule has 0 aromatic heterocycles. The number of hydrogen-bond donors (Lipinski definition) is 9. The van der Waals surface area contributed by atoms with Crippen LogP contribution in [0.4, 0.5) is 0 Å². The van der Waals surface area contributed by atoms with Gasteiger partial charge in [-0.3, -0.25) is 13.6 Å². The van der Waals surface area contributed by atoms with E-state index in [0.29, 0.717) is 0 Å². The summed E-state index contributed by atoms with van der Waals surface area (Å²) in [7, 11) is -16.0. The predicted molar refractivity (Wildman–Crippen MR) is 70.7 cm³/mol. The molecule has 144 valence electrons. The van der Waals surface area contributed by atoms with Crippen LogP contribution in [0.5, 0.6) is 0 Å². The number of hydrogen-bond acceptors (Lipinski definition) is 9. The van der Waals surface area contributed by atoms with Crippen molar-refractivity contribution in [3.05, 3.63) is 0 Å². The Morgan fingerprint density at radius 2 is 0.958 bits per heavy atom. The molecule has 1 saturated carbocycles. The van der Waals surface area contributed by atoms with Crippen molar-refractivity contribution in [2.75, 3.05) is 0 Å². The Morgan fingerprint density at radius 1 is 0.625 bits per heavy atom. The number of phosphoric ester groups is 3. The molecule has 0 bridgehead atoms. The molecular formula is C6H16NO14P3. The van der Waals surface area contributed by atoms with Gasteiger partial charge >= 0.3 is 23.5 Å². The van der Waals surface area contributed by atoms with E-state index in [0.717, 1.165) is 0 Å². The van der Waals surface area contributed by atoms with Crippen LogP contribution in [0.25, 0.3) is 0 Å². The Hall–Kier alpha value is 0.210. The van der Waals surface area contributed by atoms with E-state index in [-0.39, 0.29) is 0 Å². The van der Waals surface area contributed by atoms with Crippen LogP contribution in [0.15, 0.2) is 0 Å². The highest BCUT2D eigenvalue weighted by atomic mass is 31.2. The second kappa shape index (κ2) is 7.45. The molecular weight excluding hydrogens is 403 g/mol. The summed E-state index contributed by atoms with van der Waals surface area (Å²) in [6.07, 6.45) is -11.2. The van der Waals surface area contributed by atoms with Gasteiger partial charge in [-0.05, 0) is 0 Å². The Balaban J connectivity index is 3.23. The van der Waals surface area contributed by atoms with Gasteiger partial charge in [0.2, 0.25) is 0 Å². The van der Waals surface area contributed by atoms with Gasteiger partial charge in [-0.1, -0.05) is 0 Å². The van der Waals surface area contributed by atoms with Gasteiger partial charge in [0, 0.05) is 0 Å². The van der Waals surface area contributed by atoms with E-state index >= 15 is 0 Å². The van der Waals surface area contributed by atoms with Crippen molar-refractivity contribution in [1.82, 2.24) is 0 Å². The summed E-state index contributed by atoms with van der Waals surface area (Å²) >= 11 is 0. The summed E-state index contributed by atoms with van der Waals surface area (Å²) in [5.74, 6) is 0. The van der Waals surface area contributed by atoms with Crippen LogP contribution < -0.4 is 5.73 Å². The molecule has 0 saturated heterocycles. The standard InChI is InChI=1S/C6H16NO14P3/c7-1-2(8)5(20-23(13,14)15)3(9)6(21-24(16,17)18)4(1)19-22(10,11)12/h1-6,8-9H,7H2,(H2,10,11,12)(H2,13,14,15)(H2,16,17,18)/t1-,2-,3+,4-,5-,6-/m1/s1. The molecule has 0 radical (unpaired) electrons. The van der Waals surface area contributed by atoms with Crippen molar-refractivity contribution in [2.24, 2.45) is 5.73 Å². The lowest BCUT2D eigenvalue weighted by Gasteiger charge is -2.45. The SMILES string of the molecule is N[C@@H]1[C@@H](O)[C@@H](OP(=O)(O)O)[C@H](O)[C@@H](OP(=O)(O)O)[C@@H]1OP(=O)(O)O. The average molecular weight is 419 g/mol. The van der Waals surface area contributed by atoms with Gasteiger partial charge in [-0.2, -0.15) is 0 Å². The highest BCUT2D eigenvalue weighted by molar-refractivity contribution is 7.46. The van der Waals surface area contributed by atoms with Crippen LogP contribution >= 0.6 is 23.5 Å². The van der Waals surface area contributed by atoms with Gasteiger partial charge < -0.3 is 45.3 Å². The quantitative estimate of drug-likeness (QED) is 0.189. The van der Waals surface area contributed by atoms with Gasteiger partial charge in [-0.25, -0.2) is 13.7 Å². The fourth-order valence-electron chi connectivity index (χ4n) is 2.07. The van der Waals surface area contributed by atoms with E-state index in [2.05, 4.69) is 13.6 Å². The van der Waals surface area contributed by atoms with Crippen molar-refractivity contribution < 1.29 is 66.8 Å². The van der Waals surface area contributed by atoms with Crippen molar-refractivity contribution in [3.63, 3.8) is 0 Å². The fraction of sp³-hybridized carbons (Fsp3) is 1.00. The minimum Gasteiger partial charge on any atom is -0.389 e. The first-order valence-electron chi connectivity index (χ1n) is 5.85. The number of phosphoric acid groups is 3. The highest BCUT2D eigenvalue weighted by Crippen LogP contribution is 2.48. The van der Waals surface area contributed by atoms with Gasteiger partial charge in [0.05, 0.1) is 6.04 Å². The average Bonchev–Trinajstić information content (AvgIpc) is 2.32. The van der Waals surface area contributed by atoms with Gasteiger partial charge in [0.1, 0.15) is 30.5 Å². The summed E-state index contributed by atoms with van der Waals surface area (Å²) in [6, 6.07) is -1.91. The molecule has 24 heavy (non-hydrogen) atoms.